The Morgan fingerprint density at radius 3 is 2.44 bits per heavy atom. The van der Waals surface area contributed by atoms with Crippen LogP contribution in [0.3, 0.4) is 0 Å². The minimum absolute atomic E-state index is 0.0628. The number of amides is 1. The summed E-state index contributed by atoms with van der Waals surface area (Å²) in [6.07, 6.45) is 0. The highest BCUT2D eigenvalue weighted by Gasteiger charge is 2.47. The van der Waals surface area contributed by atoms with Crippen LogP contribution in [0, 0.1) is 20.8 Å². The highest BCUT2D eigenvalue weighted by atomic mass is 32.2. The largest absolute Gasteiger partial charge is 0.495 e. The van der Waals surface area contributed by atoms with E-state index in [1.807, 2.05) is 6.92 Å². The number of rotatable bonds is 7. The highest BCUT2D eigenvalue weighted by molar-refractivity contribution is 7.96. The summed E-state index contributed by atoms with van der Waals surface area (Å²) in [5.41, 5.74) is 1.59. The molecule has 1 amide bonds. The van der Waals surface area contributed by atoms with Gasteiger partial charge in [-0.15, -0.1) is 0 Å². The van der Waals surface area contributed by atoms with Crippen LogP contribution in [0.15, 0.2) is 27.6 Å². The molecule has 10 nitrogen and oxygen atoms in total. The van der Waals surface area contributed by atoms with Crippen LogP contribution in [0.1, 0.15) is 23.8 Å². The maximum absolute atomic E-state index is 13.5. The number of hydrogen-bond acceptors (Lipinski definition) is 9. The van der Waals surface area contributed by atoms with E-state index < -0.39 is 54.4 Å². The first-order chi connectivity index (χ1) is 14.8. The van der Waals surface area contributed by atoms with E-state index in [9.17, 15) is 21.6 Å². The number of hydrogen-bond donors (Lipinski definition) is 2. The summed E-state index contributed by atoms with van der Waals surface area (Å²) >= 11 is 0. The number of sulfone groups is 2. The van der Waals surface area contributed by atoms with Crippen molar-refractivity contribution in [2.45, 2.75) is 49.9 Å². The summed E-state index contributed by atoms with van der Waals surface area (Å²) in [5, 5.41) is 7.84. The summed E-state index contributed by atoms with van der Waals surface area (Å²) in [5.74, 6) is -0.559. The second-order valence-electron chi connectivity index (χ2n) is 8.05. The number of anilines is 1. The minimum Gasteiger partial charge on any atom is -0.495 e. The van der Waals surface area contributed by atoms with Gasteiger partial charge in [0.15, 0.2) is 25.5 Å². The van der Waals surface area contributed by atoms with Gasteiger partial charge in [-0.3, -0.25) is 4.79 Å². The fraction of sp³-hybridized carbons (Fsp3) is 0.500. The fourth-order valence-corrected chi connectivity index (χ4v) is 8.54. The fourth-order valence-electron chi connectivity index (χ4n) is 3.64. The topological polar surface area (TPSA) is 145 Å². The smallest absolute Gasteiger partial charge is 0.242 e. The monoisotopic (exact) mass is 485 g/mol. The van der Waals surface area contributed by atoms with Crippen molar-refractivity contribution < 1.29 is 30.9 Å². The Hall–Kier alpha value is -2.44. The van der Waals surface area contributed by atoms with E-state index >= 15 is 0 Å². The molecule has 3 rings (SSSR count). The maximum atomic E-state index is 13.5. The van der Waals surface area contributed by atoms with Gasteiger partial charge in [-0.2, -0.15) is 0 Å². The van der Waals surface area contributed by atoms with E-state index in [4.69, 9.17) is 9.26 Å². The standard InChI is InChI=1S/C20H27N3O7S2/c1-11-6-16(29-5)17(7-12(11)2)32(27,28)18-10-31(25,26)9-15(18)21-14(4)20(24)22-19-8-13(3)30-23-19/h6-8,14-15,18,21H,9-10H2,1-5H3,(H,22,23,24)/t14-,15-,18-/m0/s1. The van der Waals surface area contributed by atoms with Crippen molar-refractivity contribution >= 4 is 31.4 Å². The van der Waals surface area contributed by atoms with Gasteiger partial charge >= 0.3 is 0 Å². The normalized spacial score (nSPS) is 21.3. The Labute approximate surface area is 187 Å². The number of aryl methyl sites for hydroxylation is 3. The Bertz CT molecular complexity index is 1240. The molecule has 2 heterocycles. The quantitative estimate of drug-likeness (QED) is 0.590. The Morgan fingerprint density at radius 1 is 1.19 bits per heavy atom. The first-order valence-corrected chi connectivity index (χ1v) is 13.3. The van der Waals surface area contributed by atoms with Gasteiger partial charge in [-0.05, 0) is 51.0 Å². The molecule has 2 N–H and O–H groups in total. The van der Waals surface area contributed by atoms with Crippen LogP contribution in [0.5, 0.6) is 5.75 Å². The lowest BCUT2D eigenvalue weighted by atomic mass is 10.1. The molecule has 12 heteroatoms. The third kappa shape index (κ3) is 4.97. The molecule has 32 heavy (non-hydrogen) atoms. The molecule has 0 unspecified atom stereocenters. The van der Waals surface area contributed by atoms with Gasteiger partial charge in [-0.1, -0.05) is 5.16 Å². The number of ether oxygens (including phenoxy) is 1. The lowest BCUT2D eigenvalue weighted by Gasteiger charge is -2.24. The van der Waals surface area contributed by atoms with E-state index in [0.29, 0.717) is 5.76 Å². The molecular weight excluding hydrogens is 458 g/mol. The van der Waals surface area contributed by atoms with Crippen molar-refractivity contribution in [2.75, 3.05) is 23.9 Å². The van der Waals surface area contributed by atoms with Crippen LogP contribution >= 0.6 is 0 Å². The van der Waals surface area contributed by atoms with Gasteiger partial charge in [0.25, 0.3) is 0 Å². The molecule has 0 bridgehead atoms. The third-order valence-corrected chi connectivity index (χ3v) is 9.69. The van der Waals surface area contributed by atoms with Crippen molar-refractivity contribution in [3.8, 4) is 5.75 Å². The van der Waals surface area contributed by atoms with Gasteiger partial charge in [0.2, 0.25) is 5.91 Å². The second-order valence-corrected chi connectivity index (χ2v) is 12.3. The van der Waals surface area contributed by atoms with Gasteiger partial charge in [0.05, 0.1) is 29.9 Å². The van der Waals surface area contributed by atoms with Crippen LogP contribution in [-0.2, 0) is 24.5 Å². The van der Waals surface area contributed by atoms with Crippen molar-refractivity contribution in [2.24, 2.45) is 0 Å². The molecule has 1 saturated heterocycles. The van der Waals surface area contributed by atoms with E-state index in [-0.39, 0.29) is 16.5 Å². The van der Waals surface area contributed by atoms with Crippen molar-refractivity contribution in [3.63, 3.8) is 0 Å². The molecule has 0 aliphatic carbocycles. The average Bonchev–Trinajstić information content (AvgIpc) is 3.25. The van der Waals surface area contributed by atoms with Crippen molar-refractivity contribution in [3.05, 3.63) is 35.1 Å². The summed E-state index contributed by atoms with van der Waals surface area (Å²) in [7, 11) is -6.37. The Kier molecular flexibility index (Phi) is 6.68. The van der Waals surface area contributed by atoms with Gasteiger partial charge in [-0.25, -0.2) is 16.8 Å². The molecule has 176 valence electrons. The molecular formula is C20H27N3O7S2. The molecule has 0 radical (unpaired) electrons. The Morgan fingerprint density at radius 2 is 1.84 bits per heavy atom. The molecule has 0 spiro atoms. The lowest BCUT2D eigenvalue weighted by molar-refractivity contribution is -0.118. The van der Waals surface area contributed by atoms with Crippen LogP contribution in [0.2, 0.25) is 0 Å². The summed E-state index contributed by atoms with van der Waals surface area (Å²) in [4.78, 5) is 12.4. The molecule has 0 saturated carbocycles. The van der Waals surface area contributed by atoms with Crippen molar-refractivity contribution in [1.82, 2.24) is 10.5 Å². The van der Waals surface area contributed by atoms with E-state index in [2.05, 4.69) is 15.8 Å². The maximum Gasteiger partial charge on any atom is 0.242 e. The molecule has 1 aromatic carbocycles. The van der Waals surface area contributed by atoms with E-state index in [1.54, 1.807) is 19.9 Å². The predicted octanol–water partition coefficient (Wildman–Crippen LogP) is 1.16. The number of nitrogens with zero attached hydrogens (tertiary/aromatic N) is 1. The first kappa shape index (κ1) is 24.2. The lowest BCUT2D eigenvalue weighted by Crippen LogP contribution is -2.50. The summed E-state index contributed by atoms with van der Waals surface area (Å²) < 4.78 is 62.0. The van der Waals surface area contributed by atoms with Gasteiger partial charge in [0, 0.05) is 12.1 Å². The number of aromatic nitrogens is 1. The minimum atomic E-state index is -4.09. The van der Waals surface area contributed by atoms with Crippen LogP contribution < -0.4 is 15.4 Å². The zero-order valence-corrected chi connectivity index (χ0v) is 20.1. The summed E-state index contributed by atoms with van der Waals surface area (Å²) in [6.45, 7) is 6.79. The summed E-state index contributed by atoms with van der Waals surface area (Å²) in [6, 6.07) is 2.78. The molecule has 1 aliphatic heterocycles. The molecule has 1 aromatic heterocycles. The number of benzene rings is 1. The van der Waals surface area contributed by atoms with Crippen LogP contribution in [0.25, 0.3) is 0 Å². The van der Waals surface area contributed by atoms with Crippen molar-refractivity contribution in [1.29, 1.82) is 0 Å². The zero-order valence-electron chi connectivity index (χ0n) is 18.5. The molecule has 1 fully saturated rings. The predicted molar refractivity (Wildman–Crippen MR) is 118 cm³/mol. The van der Waals surface area contributed by atoms with Gasteiger partial charge in [0.1, 0.15) is 16.4 Å². The molecule has 3 atom stereocenters. The van der Waals surface area contributed by atoms with Crippen LogP contribution in [0.4, 0.5) is 5.82 Å². The van der Waals surface area contributed by atoms with E-state index in [1.165, 1.54) is 26.2 Å². The van der Waals surface area contributed by atoms with Crippen LogP contribution in [-0.4, -0.2) is 63.8 Å². The number of methoxy groups -OCH3 is 1. The zero-order chi connectivity index (χ0) is 23.8. The molecule has 1 aliphatic rings. The first-order valence-electron chi connectivity index (χ1n) is 9.94. The average molecular weight is 486 g/mol. The third-order valence-electron chi connectivity index (χ3n) is 5.52. The number of nitrogens with one attached hydrogen (secondary N) is 2. The van der Waals surface area contributed by atoms with Gasteiger partial charge < -0.3 is 19.9 Å². The number of carbonyl (C=O) groups is 1. The Balaban J connectivity index is 1.88. The SMILES string of the molecule is COc1cc(C)c(C)cc1S(=O)(=O)[C@H]1CS(=O)(=O)C[C@@H]1N[C@@H](C)C(=O)Nc1cc(C)on1. The number of carbonyl (C=O) groups excluding carboxylic acids is 1. The van der Waals surface area contributed by atoms with E-state index in [0.717, 1.165) is 11.1 Å². The molecule has 2 aromatic rings. The highest BCUT2D eigenvalue weighted by Crippen LogP contribution is 2.33. The second kappa shape index (κ2) is 8.83.